The van der Waals surface area contributed by atoms with Gasteiger partial charge in [0.25, 0.3) is 0 Å². The highest BCUT2D eigenvalue weighted by atomic mass is 79.9. The Morgan fingerprint density at radius 2 is 2.00 bits per heavy atom. The first-order valence-corrected chi connectivity index (χ1v) is 7.18. The second-order valence-corrected chi connectivity index (χ2v) is 5.58. The Labute approximate surface area is 130 Å². The molecule has 0 radical (unpaired) electrons. The Morgan fingerprint density at radius 1 is 1.24 bits per heavy atom. The van der Waals surface area contributed by atoms with Crippen LogP contribution in [0.15, 0.2) is 47.1 Å². The highest BCUT2D eigenvalue weighted by molar-refractivity contribution is 9.10. The number of nitrogens with zero attached hydrogens (tertiary/aromatic N) is 2. The van der Waals surface area contributed by atoms with Crippen molar-refractivity contribution in [2.24, 2.45) is 0 Å². The number of benzene rings is 1. The number of carbonyl (C=O) groups is 1. The van der Waals surface area contributed by atoms with Crippen molar-refractivity contribution in [3.05, 3.63) is 63.9 Å². The SMILES string of the molecule is Cc1ccnc(N)c1C(=O)c1nc2ccccc2cc1Br. The van der Waals surface area contributed by atoms with Crippen LogP contribution in [0.25, 0.3) is 10.9 Å². The van der Waals surface area contributed by atoms with E-state index in [2.05, 4.69) is 25.9 Å². The minimum atomic E-state index is -0.226. The van der Waals surface area contributed by atoms with Crippen molar-refractivity contribution in [3.8, 4) is 0 Å². The fraction of sp³-hybridized carbons (Fsp3) is 0.0625. The van der Waals surface area contributed by atoms with E-state index >= 15 is 0 Å². The number of aryl methyl sites for hydroxylation is 1. The molecule has 0 saturated carbocycles. The predicted octanol–water partition coefficient (Wildman–Crippen LogP) is 3.51. The van der Waals surface area contributed by atoms with E-state index in [4.69, 9.17) is 5.73 Å². The van der Waals surface area contributed by atoms with Gasteiger partial charge >= 0.3 is 0 Å². The molecule has 0 saturated heterocycles. The summed E-state index contributed by atoms with van der Waals surface area (Å²) in [5, 5.41) is 0.969. The molecule has 104 valence electrons. The number of halogens is 1. The fourth-order valence-electron chi connectivity index (χ4n) is 2.24. The van der Waals surface area contributed by atoms with Crippen LogP contribution in [0.4, 0.5) is 5.82 Å². The van der Waals surface area contributed by atoms with E-state index in [1.54, 1.807) is 12.3 Å². The average molecular weight is 342 g/mol. The van der Waals surface area contributed by atoms with Gasteiger partial charge in [-0.05, 0) is 46.6 Å². The van der Waals surface area contributed by atoms with Gasteiger partial charge < -0.3 is 5.73 Å². The topological polar surface area (TPSA) is 68.9 Å². The van der Waals surface area contributed by atoms with Gasteiger partial charge in [0.15, 0.2) is 0 Å². The number of pyridine rings is 2. The molecule has 2 heterocycles. The number of para-hydroxylation sites is 1. The number of nitrogen functional groups attached to an aromatic ring is 1. The number of hydrogen-bond donors (Lipinski definition) is 1. The molecule has 0 aliphatic carbocycles. The summed E-state index contributed by atoms with van der Waals surface area (Å²) >= 11 is 3.42. The van der Waals surface area contributed by atoms with Crippen LogP contribution in [0, 0.1) is 6.92 Å². The Hall–Kier alpha value is -2.27. The van der Waals surface area contributed by atoms with Crippen LogP contribution in [0.3, 0.4) is 0 Å². The molecule has 0 bridgehead atoms. The summed E-state index contributed by atoms with van der Waals surface area (Å²) in [6.07, 6.45) is 1.59. The van der Waals surface area contributed by atoms with Gasteiger partial charge in [-0.15, -0.1) is 0 Å². The number of ketones is 1. The first kappa shape index (κ1) is 13.7. The van der Waals surface area contributed by atoms with Gasteiger partial charge in [-0.2, -0.15) is 0 Å². The number of hydrogen-bond acceptors (Lipinski definition) is 4. The third kappa shape index (κ3) is 2.40. The number of carbonyl (C=O) groups excluding carboxylic acids is 1. The number of aromatic nitrogens is 2. The van der Waals surface area contributed by atoms with Crippen molar-refractivity contribution in [3.63, 3.8) is 0 Å². The van der Waals surface area contributed by atoms with Crippen molar-refractivity contribution in [2.75, 3.05) is 5.73 Å². The van der Waals surface area contributed by atoms with Crippen molar-refractivity contribution in [1.82, 2.24) is 9.97 Å². The van der Waals surface area contributed by atoms with Gasteiger partial charge in [0.2, 0.25) is 5.78 Å². The zero-order valence-corrected chi connectivity index (χ0v) is 12.9. The second kappa shape index (κ2) is 5.26. The van der Waals surface area contributed by atoms with Gasteiger partial charge in [-0.1, -0.05) is 18.2 Å². The van der Waals surface area contributed by atoms with Gasteiger partial charge in [-0.25, -0.2) is 9.97 Å². The van der Waals surface area contributed by atoms with Gasteiger partial charge in [0, 0.05) is 16.1 Å². The predicted molar refractivity (Wildman–Crippen MR) is 86.3 cm³/mol. The number of nitrogens with two attached hydrogens (primary N) is 1. The van der Waals surface area contributed by atoms with E-state index < -0.39 is 0 Å². The van der Waals surface area contributed by atoms with Crippen LogP contribution in [0.1, 0.15) is 21.6 Å². The third-order valence-corrected chi connectivity index (χ3v) is 3.91. The van der Waals surface area contributed by atoms with Crippen LogP contribution in [-0.4, -0.2) is 15.8 Å². The standard InChI is InChI=1S/C16H12BrN3O/c1-9-6-7-19-16(18)13(9)15(21)14-11(17)8-10-4-2-3-5-12(10)20-14/h2-8H,1H3,(H2,18,19). The molecule has 5 heteroatoms. The van der Waals surface area contributed by atoms with Crippen molar-refractivity contribution in [1.29, 1.82) is 0 Å². The minimum absolute atomic E-state index is 0.224. The van der Waals surface area contributed by atoms with E-state index in [0.29, 0.717) is 15.7 Å². The molecule has 3 rings (SSSR count). The molecule has 1 aromatic carbocycles. The summed E-state index contributed by atoms with van der Waals surface area (Å²) < 4.78 is 0.647. The first-order valence-electron chi connectivity index (χ1n) is 6.39. The van der Waals surface area contributed by atoms with Gasteiger partial charge in [-0.3, -0.25) is 4.79 Å². The fourth-order valence-corrected chi connectivity index (χ4v) is 2.76. The molecule has 4 nitrogen and oxygen atoms in total. The molecule has 21 heavy (non-hydrogen) atoms. The molecule has 2 aromatic heterocycles. The van der Waals surface area contributed by atoms with E-state index in [1.165, 1.54) is 0 Å². The molecule has 0 aliphatic rings. The highest BCUT2D eigenvalue weighted by Crippen LogP contribution is 2.26. The molecule has 2 N–H and O–H groups in total. The smallest absolute Gasteiger partial charge is 0.216 e. The summed E-state index contributed by atoms with van der Waals surface area (Å²) in [4.78, 5) is 21.2. The summed E-state index contributed by atoms with van der Waals surface area (Å²) in [5.41, 5.74) is 8.15. The van der Waals surface area contributed by atoms with Crippen molar-refractivity contribution >= 4 is 38.4 Å². The van der Waals surface area contributed by atoms with Crippen LogP contribution >= 0.6 is 15.9 Å². The van der Waals surface area contributed by atoms with Crippen LogP contribution < -0.4 is 5.73 Å². The quantitative estimate of drug-likeness (QED) is 0.724. The molecule has 0 atom stereocenters. The Bertz CT molecular complexity index is 841. The van der Waals surface area contributed by atoms with E-state index in [-0.39, 0.29) is 11.6 Å². The lowest BCUT2D eigenvalue weighted by Gasteiger charge is -2.09. The third-order valence-electron chi connectivity index (χ3n) is 3.31. The van der Waals surface area contributed by atoms with E-state index in [9.17, 15) is 4.79 Å². The Balaban J connectivity index is 2.20. The maximum atomic E-state index is 12.7. The summed E-state index contributed by atoms with van der Waals surface area (Å²) in [6, 6.07) is 11.3. The zero-order chi connectivity index (χ0) is 15.0. The number of rotatable bonds is 2. The minimum Gasteiger partial charge on any atom is -0.383 e. The van der Waals surface area contributed by atoms with Crippen LogP contribution in [0.5, 0.6) is 0 Å². The molecule has 0 amide bonds. The lowest BCUT2D eigenvalue weighted by atomic mass is 10.0. The monoisotopic (exact) mass is 341 g/mol. The number of fused-ring (bicyclic) bond motifs is 1. The lowest BCUT2D eigenvalue weighted by Crippen LogP contribution is -2.11. The van der Waals surface area contributed by atoms with E-state index in [0.717, 1.165) is 16.5 Å². The molecule has 3 aromatic rings. The van der Waals surface area contributed by atoms with Crippen molar-refractivity contribution < 1.29 is 4.79 Å². The first-order chi connectivity index (χ1) is 10.1. The zero-order valence-electron chi connectivity index (χ0n) is 11.3. The van der Waals surface area contributed by atoms with Gasteiger partial charge in [0.1, 0.15) is 11.5 Å². The summed E-state index contributed by atoms with van der Waals surface area (Å²) in [5.74, 6) is -0.00223. The van der Waals surface area contributed by atoms with E-state index in [1.807, 2.05) is 37.3 Å². The van der Waals surface area contributed by atoms with Crippen LogP contribution in [0.2, 0.25) is 0 Å². The molecule has 0 unspecified atom stereocenters. The molecular formula is C16H12BrN3O. The average Bonchev–Trinajstić information content (AvgIpc) is 2.46. The summed E-state index contributed by atoms with van der Waals surface area (Å²) in [7, 11) is 0. The maximum Gasteiger partial charge on any atom is 0.216 e. The Kier molecular flexibility index (Phi) is 3.43. The van der Waals surface area contributed by atoms with Gasteiger partial charge in [0.05, 0.1) is 11.1 Å². The normalized spacial score (nSPS) is 10.8. The Morgan fingerprint density at radius 3 is 2.76 bits per heavy atom. The molecule has 0 aliphatic heterocycles. The number of anilines is 1. The summed E-state index contributed by atoms with van der Waals surface area (Å²) in [6.45, 7) is 1.83. The molecule has 0 spiro atoms. The highest BCUT2D eigenvalue weighted by Gasteiger charge is 2.20. The molecule has 0 fully saturated rings. The largest absolute Gasteiger partial charge is 0.383 e. The second-order valence-electron chi connectivity index (χ2n) is 4.73. The maximum absolute atomic E-state index is 12.7. The van der Waals surface area contributed by atoms with Crippen molar-refractivity contribution in [2.45, 2.75) is 6.92 Å². The lowest BCUT2D eigenvalue weighted by molar-refractivity contribution is 0.103. The molecular weight excluding hydrogens is 330 g/mol. The van der Waals surface area contributed by atoms with Crippen LogP contribution in [-0.2, 0) is 0 Å².